The quantitative estimate of drug-likeness (QED) is 0.597. The SMILES string of the molecule is Cc1nc(N)ccc1C#CCC#N. The lowest BCUT2D eigenvalue weighted by molar-refractivity contribution is 1.19. The number of aromatic nitrogens is 1. The van der Waals surface area contributed by atoms with Crippen molar-refractivity contribution in [3.8, 4) is 17.9 Å². The third kappa shape index (κ3) is 2.50. The molecule has 0 atom stereocenters. The molecule has 2 N–H and O–H groups in total. The van der Waals surface area contributed by atoms with E-state index in [1.54, 1.807) is 6.07 Å². The summed E-state index contributed by atoms with van der Waals surface area (Å²) in [5.74, 6) is 6.06. The maximum absolute atomic E-state index is 8.27. The van der Waals surface area contributed by atoms with Crippen molar-refractivity contribution in [2.45, 2.75) is 13.3 Å². The first-order valence-corrected chi connectivity index (χ1v) is 3.83. The molecule has 13 heavy (non-hydrogen) atoms. The number of nitrogens with zero attached hydrogens (tertiary/aromatic N) is 2. The minimum absolute atomic E-state index is 0.240. The molecule has 1 aromatic rings. The fourth-order valence-corrected chi connectivity index (χ4v) is 0.892. The van der Waals surface area contributed by atoms with E-state index in [9.17, 15) is 0 Å². The van der Waals surface area contributed by atoms with Gasteiger partial charge in [-0.3, -0.25) is 0 Å². The van der Waals surface area contributed by atoms with Crippen molar-refractivity contribution in [3.63, 3.8) is 0 Å². The van der Waals surface area contributed by atoms with Crippen LogP contribution in [0.25, 0.3) is 0 Å². The Morgan fingerprint density at radius 2 is 2.31 bits per heavy atom. The summed E-state index contributed by atoms with van der Waals surface area (Å²) in [7, 11) is 0. The zero-order valence-electron chi connectivity index (χ0n) is 7.33. The van der Waals surface area contributed by atoms with Gasteiger partial charge < -0.3 is 5.73 Å². The molecule has 0 saturated heterocycles. The summed E-state index contributed by atoms with van der Waals surface area (Å²) >= 11 is 0. The lowest BCUT2D eigenvalue weighted by atomic mass is 10.2. The number of anilines is 1. The van der Waals surface area contributed by atoms with E-state index in [-0.39, 0.29) is 6.42 Å². The zero-order chi connectivity index (χ0) is 9.68. The van der Waals surface area contributed by atoms with E-state index in [2.05, 4.69) is 16.8 Å². The maximum Gasteiger partial charge on any atom is 0.123 e. The Hall–Kier alpha value is -2.00. The summed E-state index contributed by atoms with van der Waals surface area (Å²) in [4.78, 5) is 4.04. The van der Waals surface area contributed by atoms with E-state index in [4.69, 9.17) is 11.0 Å². The average Bonchev–Trinajstić information content (AvgIpc) is 2.09. The number of aryl methyl sites for hydroxylation is 1. The molecule has 1 rings (SSSR count). The van der Waals surface area contributed by atoms with Crippen molar-refractivity contribution >= 4 is 5.82 Å². The summed E-state index contributed by atoms with van der Waals surface area (Å²) in [5, 5.41) is 8.27. The number of hydrogen-bond donors (Lipinski definition) is 1. The van der Waals surface area contributed by atoms with Gasteiger partial charge in [-0.05, 0) is 19.1 Å². The van der Waals surface area contributed by atoms with E-state index in [1.807, 2.05) is 19.1 Å². The molecular formula is C10H9N3. The largest absolute Gasteiger partial charge is 0.384 e. The van der Waals surface area contributed by atoms with Gasteiger partial charge in [0.25, 0.3) is 0 Å². The highest BCUT2D eigenvalue weighted by Crippen LogP contribution is 2.05. The molecular weight excluding hydrogens is 162 g/mol. The standard InChI is InChI=1S/C10H9N3/c1-8-9(4-2-3-7-11)5-6-10(12)13-8/h5-6H,3H2,1H3,(H2,12,13). The molecule has 0 amide bonds. The van der Waals surface area contributed by atoms with Crippen LogP contribution in [0.15, 0.2) is 12.1 Å². The molecule has 1 aromatic heterocycles. The summed E-state index contributed by atoms with van der Waals surface area (Å²) in [6.07, 6.45) is 0.240. The number of hydrogen-bond acceptors (Lipinski definition) is 3. The third-order valence-electron chi connectivity index (χ3n) is 1.50. The molecule has 0 fully saturated rings. The van der Waals surface area contributed by atoms with Gasteiger partial charge in [0.05, 0.1) is 18.2 Å². The van der Waals surface area contributed by atoms with Crippen LogP contribution in [-0.2, 0) is 0 Å². The van der Waals surface area contributed by atoms with Crippen molar-refractivity contribution in [2.75, 3.05) is 5.73 Å². The molecule has 0 bridgehead atoms. The minimum Gasteiger partial charge on any atom is -0.384 e. The molecule has 3 heteroatoms. The van der Waals surface area contributed by atoms with Crippen molar-refractivity contribution in [1.82, 2.24) is 4.98 Å². The Labute approximate surface area is 77.2 Å². The van der Waals surface area contributed by atoms with Gasteiger partial charge in [-0.2, -0.15) is 5.26 Å². The Balaban J connectivity index is 2.93. The van der Waals surface area contributed by atoms with Crippen LogP contribution in [0.5, 0.6) is 0 Å². The van der Waals surface area contributed by atoms with Crippen molar-refractivity contribution in [3.05, 3.63) is 23.4 Å². The van der Waals surface area contributed by atoms with Crippen LogP contribution in [0.3, 0.4) is 0 Å². The highest BCUT2D eigenvalue weighted by atomic mass is 14.8. The Morgan fingerprint density at radius 3 is 2.92 bits per heavy atom. The second-order valence-corrected chi connectivity index (χ2v) is 2.51. The highest BCUT2D eigenvalue weighted by molar-refractivity contribution is 5.42. The van der Waals surface area contributed by atoms with Crippen molar-refractivity contribution in [1.29, 1.82) is 5.26 Å². The number of nitrogen functional groups attached to an aromatic ring is 1. The monoisotopic (exact) mass is 171 g/mol. The highest BCUT2D eigenvalue weighted by Gasteiger charge is 1.95. The number of nitrogens with two attached hydrogens (primary N) is 1. The Morgan fingerprint density at radius 1 is 1.54 bits per heavy atom. The molecule has 64 valence electrons. The maximum atomic E-state index is 8.27. The van der Waals surface area contributed by atoms with Gasteiger partial charge in [-0.15, -0.1) is 0 Å². The molecule has 0 saturated carbocycles. The fourth-order valence-electron chi connectivity index (χ4n) is 0.892. The van der Waals surface area contributed by atoms with Crippen LogP contribution in [-0.4, -0.2) is 4.98 Å². The lowest BCUT2D eigenvalue weighted by Gasteiger charge is -1.97. The molecule has 1 heterocycles. The fraction of sp³-hybridized carbons (Fsp3) is 0.200. The van der Waals surface area contributed by atoms with Crippen molar-refractivity contribution < 1.29 is 0 Å². The number of rotatable bonds is 0. The van der Waals surface area contributed by atoms with E-state index in [0.717, 1.165) is 11.3 Å². The first-order valence-electron chi connectivity index (χ1n) is 3.83. The molecule has 0 aliphatic rings. The normalized spacial score (nSPS) is 8.31. The lowest BCUT2D eigenvalue weighted by Crippen LogP contribution is -1.93. The first-order chi connectivity index (χ1) is 6.24. The molecule has 3 nitrogen and oxygen atoms in total. The second-order valence-electron chi connectivity index (χ2n) is 2.51. The van der Waals surface area contributed by atoms with Crippen LogP contribution < -0.4 is 5.73 Å². The van der Waals surface area contributed by atoms with Crippen LogP contribution in [0, 0.1) is 30.1 Å². The van der Waals surface area contributed by atoms with Crippen LogP contribution in [0.1, 0.15) is 17.7 Å². The van der Waals surface area contributed by atoms with Gasteiger partial charge in [0.2, 0.25) is 0 Å². The predicted octanol–water partition coefficient (Wildman–Crippen LogP) is 1.24. The van der Waals surface area contributed by atoms with Crippen LogP contribution in [0.4, 0.5) is 5.82 Å². The van der Waals surface area contributed by atoms with E-state index < -0.39 is 0 Å². The van der Waals surface area contributed by atoms with Crippen molar-refractivity contribution in [2.24, 2.45) is 0 Å². The van der Waals surface area contributed by atoms with Gasteiger partial charge in [0, 0.05) is 5.56 Å². The Bertz CT molecular complexity index is 404. The Kier molecular flexibility index (Phi) is 2.89. The van der Waals surface area contributed by atoms with Gasteiger partial charge in [0.1, 0.15) is 5.82 Å². The van der Waals surface area contributed by atoms with E-state index in [1.165, 1.54) is 0 Å². The zero-order valence-corrected chi connectivity index (χ0v) is 7.33. The molecule has 0 unspecified atom stereocenters. The van der Waals surface area contributed by atoms with Gasteiger partial charge in [-0.1, -0.05) is 11.8 Å². The second kappa shape index (κ2) is 4.13. The molecule has 0 spiro atoms. The average molecular weight is 171 g/mol. The molecule has 0 aliphatic heterocycles. The third-order valence-corrected chi connectivity index (χ3v) is 1.50. The summed E-state index contributed by atoms with van der Waals surface area (Å²) in [5.41, 5.74) is 7.09. The van der Waals surface area contributed by atoms with E-state index >= 15 is 0 Å². The number of pyridine rings is 1. The summed E-state index contributed by atoms with van der Waals surface area (Å²) in [6.45, 7) is 1.84. The molecule has 0 aliphatic carbocycles. The van der Waals surface area contributed by atoms with Gasteiger partial charge >= 0.3 is 0 Å². The predicted molar refractivity (Wildman–Crippen MR) is 50.5 cm³/mol. The summed E-state index contributed by atoms with van der Waals surface area (Å²) in [6, 6.07) is 5.46. The molecule has 0 aromatic carbocycles. The van der Waals surface area contributed by atoms with Crippen LogP contribution in [0.2, 0.25) is 0 Å². The summed E-state index contributed by atoms with van der Waals surface area (Å²) < 4.78 is 0. The number of nitriles is 1. The van der Waals surface area contributed by atoms with E-state index in [0.29, 0.717) is 5.82 Å². The minimum atomic E-state index is 0.240. The smallest absolute Gasteiger partial charge is 0.123 e. The topological polar surface area (TPSA) is 62.7 Å². The molecule has 0 radical (unpaired) electrons. The van der Waals surface area contributed by atoms with Crippen LogP contribution >= 0.6 is 0 Å². The van der Waals surface area contributed by atoms with Gasteiger partial charge in [-0.25, -0.2) is 4.98 Å². The van der Waals surface area contributed by atoms with Gasteiger partial charge in [0.15, 0.2) is 0 Å². The first kappa shape index (κ1) is 9.09.